The Balaban J connectivity index is 1.71. The van der Waals surface area contributed by atoms with Gasteiger partial charge in [-0.25, -0.2) is 4.98 Å². The van der Waals surface area contributed by atoms with E-state index in [2.05, 4.69) is 31.2 Å². The number of rotatable bonds is 1. The van der Waals surface area contributed by atoms with Gasteiger partial charge in [0, 0.05) is 19.2 Å². The maximum atomic E-state index is 12.8. The summed E-state index contributed by atoms with van der Waals surface area (Å²) >= 11 is 0. The Kier molecular flexibility index (Phi) is 4.06. The first-order valence-corrected chi connectivity index (χ1v) is 9.22. The van der Waals surface area contributed by atoms with Crippen LogP contribution in [0.4, 0.5) is 17.3 Å². The van der Waals surface area contributed by atoms with Crippen molar-refractivity contribution in [3.63, 3.8) is 0 Å². The minimum Gasteiger partial charge on any atom is -0.375 e. The minimum atomic E-state index is -0.250. The summed E-state index contributed by atoms with van der Waals surface area (Å²) in [5.74, 6) is 1.000. The van der Waals surface area contributed by atoms with Crippen LogP contribution < -0.4 is 16.0 Å². The molecule has 10 heteroatoms. The number of fused-ring (bicyclic) bond motifs is 5. The van der Waals surface area contributed by atoms with Gasteiger partial charge in [0.25, 0.3) is 5.91 Å². The van der Waals surface area contributed by atoms with Crippen LogP contribution in [0.15, 0.2) is 35.1 Å². The first kappa shape index (κ1) is 17.4. The molecule has 148 valence electrons. The van der Waals surface area contributed by atoms with Gasteiger partial charge in [-0.2, -0.15) is 9.61 Å². The van der Waals surface area contributed by atoms with Gasteiger partial charge in [0.2, 0.25) is 0 Å². The maximum Gasteiger partial charge on any atom is 0.257 e. The maximum absolute atomic E-state index is 12.8. The van der Waals surface area contributed by atoms with E-state index in [-0.39, 0.29) is 11.9 Å². The van der Waals surface area contributed by atoms with E-state index in [0.717, 1.165) is 16.6 Å². The molecule has 1 aliphatic rings. The summed E-state index contributed by atoms with van der Waals surface area (Å²) in [6.45, 7) is 2.63. The molecule has 4 aromatic rings. The standard InChI is InChI=1S/C19H19N7O3/c1-10-8-28-9-11-3-14(12-7-22-29-15(12)4-11)24-16-5-17(20-2)26-18(25-16)13(6-21-26)19(27)23-10/h3-7,10,20H,8-9H2,1-2H3,(H,23,27)(H,24,25)/t10-/m1/s1. The molecule has 0 saturated carbocycles. The van der Waals surface area contributed by atoms with E-state index in [4.69, 9.17) is 9.26 Å². The molecule has 1 aliphatic heterocycles. The highest BCUT2D eigenvalue weighted by Crippen LogP contribution is 2.29. The highest BCUT2D eigenvalue weighted by molar-refractivity contribution is 6.00. The van der Waals surface area contributed by atoms with Gasteiger partial charge in [0.15, 0.2) is 11.2 Å². The second-order valence-corrected chi connectivity index (χ2v) is 6.97. The van der Waals surface area contributed by atoms with Gasteiger partial charge in [-0.1, -0.05) is 5.16 Å². The van der Waals surface area contributed by atoms with E-state index in [9.17, 15) is 4.79 Å². The van der Waals surface area contributed by atoms with Crippen LogP contribution in [-0.4, -0.2) is 45.4 Å². The summed E-state index contributed by atoms with van der Waals surface area (Å²) in [5, 5.41) is 18.4. The molecule has 0 spiro atoms. The fourth-order valence-electron chi connectivity index (χ4n) is 3.41. The molecular weight excluding hydrogens is 374 g/mol. The number of carbonyl (C=O) groups excluding carboxylic acids is 1. The summed E-state index contributed by atoms with van der Waals surface area (Å²) in [6, 6.07) is 5.52. The Morgan fingerprint density at radius 2 is 2.17 bits per heavy atom. The molecule has 0 radical (unpaired) electrons. The van der Waals surface area contributed by atoms with Crippen molar-refractivity contribution in [2.24, 2.45) is 0 Å². The predicted octanol–water partition coefficient (Wildman–Crippen LogP) is 2.30. The van der Waals surface area contributed by atoms with Gasteiger partial charge < -0.3 is 25.2 Å². The highest BCUT2D eigenvalue weighted by atomic mass is 16.5. The molecule has 0 fully saturated rings. The smallest absolute Gasteiger partial charge is 0.257 e. The molecule has 4 heterocycles. The second kappa shape index (κ2) is 6.74. The number of nitrogens with one attached hydrogen (secondary N) is 3. The van der Waals surface area contributed by atoms with Crippen LogP contribution in [0.1, 0.15) is 22.8 Å². The van der Waals surface area contributed by atoms with E-state index >= 15 is 0 Å². The molecule has 10 nitrogen and oxygen atoms in total. The second-order valence-electron chi connectivity index (χ2n) is 6.97. The molecule has 0 aliphatic carbocycles. The van der Waals surface area contributed by atoms with Gasteiger partial charge in [-0.3, -0.25) is 4.79 Å². The Bertz CT molecular complexity index is 1230. The molecule has 0 unspecified atom stereocenters. The Hall–Kier alpha value is -3.66. The molecule has 3 N–H and O–H groups in total. The number of hydrogen-bond acceptors (Lipinski definition) is 8. The van der Waals surface area contributed by atoms with Crippen molar-refractivity contribution in [1.82, 2.24) is 25.1 Å². The van der Waals surface area contributed by atoms with Gasteiger partial charge in [-0.05, 0) is 24.6 Å². The molecule has 1 atom stereocenters. The topological polar surface area (TPSA) is 119 Å². The zero-order chi connectivity index (χ0) is 20.0. The van der Waals surface area contributed by atoms with Gasteiger partial charge in [-0.15, -0.1) is 0 Å². The summed E-state index contributed by atoms with van der Waals surface area (Å²) in [6.07, 6.45) is 3.17. The summed E-state index contributed by atoms with van der Waals surface area (Å²) in [5.41, 5.74) is 3.20. The van der Waals surface area contributed by atoms with Crippen LogP contribution in [0.25, 0.3) is 16.6 Å². The fourth-order valence-corrected chi connectivity index (χ4v) is 3.41. The largest absolute Gasteiger partial charge is 0.375 e. The fraction of sp³-hybridized carbons (Fsp3) is 0.263. The number of ether oxygens (including phenoxy) is 1. The lowest BCUT2D eigenvalue weighted by atomic mass is 10.1. The minimum absolute atomic E-state index is 0.182. The van der Waals surface area contributed by atoms with Crippen molar-refractivity contribution in [1.29, 1.82) is 0 Å². The summed E-state index contributed by atoms with van der Waals surface area (Å²) in [7, 11) is 1.79. The molecule has 5 rings (SSSR count). The Morgan fingerprint density at radius 1 is 1.28 bits per heavy atom. The van der Waals surface area contributed by atoms with Crippen molar-refractivity contribution in [2.45, 2.75) is 19.6 Å². The van der Waals surface area contributed by atoms with E-state index in [0.29, 0.717) is 41.6 Å². The number of amides is 1. The van der Waals surface area contributed by atoms with Crippen LogP contribution in [0.5, 0.6) is 0 Å². The Labute approximate surface area is 165 Å². The molecule has 1 aromatic carbocycles. The van der Waals surface area contributed by atoms with Crippen LogP contribution >= 0.6 is 0 Å². The van der Waals surface area contributed by atoms with Crippen LogP contribution in [0.3, 0.4) is 0 Å². The zero-order valence-electron chi connectivity index (χ0n) is 15.9. The van der Waals surface area contributed by atoms with Crippen molar-refractivity contribution in [2.75, 3.05) is 24.3 Å². The predicted molar refractivity (Wildman–Crippen MR) is 106 cm³/mol. The first-order valence-electron chi connectivity index (χ1n) is 9.22. The third-order valence-electron chi connectivity index (χ3n) is 4.78. The SMILES string of the molecule is CNc1cc2nc3c(cnn13)C(=O)N[C@H](C)COCc1cc(c3cnoc3c1)N2. The van der Waals surface area contributed by atoms with Gasteiger partial charge >= 0.3 is 0 Å². The summed E-state index contributed by atoms with van der Waals surface area (Å²) < 4.78 is 12.8. The highest BCUT2D eigenvalue weighted by Gasteiger charge is 2.20. The third-order valence-corrected chi connectivity index (χ3v) is 4.78. The van der Waals surface area contributed by atoms with Crippen molar-refractivity contribution >= 4 is 39.8 Å². The molecule has 0 saturated heterocycles. The Morgan fingerprint density at radius 3 is 3.03 bits per heavy atom. The molecule has 1 amide bonds. The number of nitrogens with zero attached hydrogens (tertiary/aromatic N) is 4. The lowest BCUT2D eigenvalue weighted by Gasteiger charge is -2.16. The lowest BCUT2D eigenvalue weighted by Crippen LogP contribution is -2.35. The number of carbonyl (C=O) groups is 1. The average Bonchev–Trinajstić information content (AvgIpc) is 3.33. The van der Waals surface area contributed by atoms with Crippen LogP contribution in [-0.2, 0) is 11.3 Å². The van der Waals surface area contributed by atoms with Gasteiger partial charge in [0.1, 0.15) is 17.2 Å². The lowest BCUT2D eigenvalue weighted by molar-refractivity contribution is 0.0821. The number of anilines is 3. The monoisotopic (exact) mass is 393 g/mol. The molecular formula is C19H19N7O3. The summed E-state index contributed by atoms with van der Waals surface area (Å²) in [4.78, 5) is 17.4. The van der Waals surface area contributed by atoms with Gasteiger partial charge in [0.05, 0.1) is 36.7 Å². The van der Waals surface area contributed by atoms with E-state index in [1.54, 1.807) is 17.8 Å². The first-order chi connectivity index (χ1) is 14.1. The molecule has 29 heavy (non-hydrogen) atoms. The van der Waals surface area contributed by atoms with Crippen molar-refractivity contribution < 1.29 is 14.1 Å². The quantitative estimate of drug-likeness (QED) is 0.451. The van der Waals surface area contributed by atoms with E-state index in [1.165, 1.54) is 6.20 Å². The third kappa shape index (κ3) is 3.03. The normalized spacial score (nSPS) is 17.2. The van der Waals surface area contributed by atoms with Crippen molar-refractivity contribution in [3.8, 4) is 0 Å². The molecule has 3 aromatic heterocycles. The van der Waals surface area contributed by atoms with E-state index in [1.807, 2.05) is 25.1 Å². The van der Waals surface area contributed by atoms with E-state index < -0.39 is 0 Å². The number of benzene rings is 1. The number of aromatic nitrogens is 4. The van der Waals surface area contributed by atoms with Crippen LogP contribution in [0, 0.1) is 0 Å². The average molecular weight is 393 g/mol. The van der Waals surface area contributed by atoms with Crippen molar-refractivity contribution in [3.05, 3.63) is 41.7 Å². The molecule has 4 bridgehead atoms. The zero-order valence-corrected chi connectivity index (χ0v) is 15.9. The number of hydrogen-bond donors (Lipinski definition) is 3. The van der Waals surface area contributed by atoms with Crippen LogP contribution in [0.2, 0.25) is 0 Å².